The van der Waals surface area contributed by atoms with E-state index in [1.165, 1.54) is 29.6 Å². The summed E-state index contributed by atoms with van der Waals surface area (Å²) in [5, 5.41) is 4.68. The Labute approximate surface area is 137 Å². The number of nitrogens with one attached hydrogen (secondary N) is 1. The van der Waals surface area contributed by atoms with Gasteiger partial charge < -0.3 is 0 Å². The molecule has 6 heteroatoms. The molecule has 0 saturated carbocycles. The van der Waals surface area contributed by atoms with Gasteiger partial charge in [-0.3, -0.25) is 0 Å². The summed E-state index contributed by atoms with van der Waals surface area (Å²) in [6.45, 7) is 3.79. The van der Waals surface area contributed by atoms with Crippen molar-refractivity contribution >= 4 is 40.9 Å². The fraction of sp³-hybridized carbons (Fsp3) is 0.133. The maximum absolute atomic E-state index is 13.1. The molecule has 0 heterocycles. The number of hydrogen-bond acceptors (Lipinski definition) is 3. The van der Waals surface area contributed by atoms with E-state index in [1.807, 2.05) is 31.2 Å². The zero-order valence-corrected chi connectivity index (χ0v) is 13.8. The molecule has 0 bridgehead atoms. The van der Waals surface area contributed by atoms with E-state index in [1.54, 1.807) is 6.92 Å². The minimum Gasteiger partial charge on any atom is -0.247 e. The Morgan fingerprint density at radius 2 is 1.71 bits per heavy atom. The highest BCUT2D eigenvalue weighted by atomic mass is 35.5. The quantitative estimate of drug-likeness (QED) is 0.453. The van der Waals surface area contributed by atoms with Crippen LogP contribution in [-0.4, -0.2) is 5.71 Å². The van der Waals surface area contributed by atoms with Crippen LogP contribution in [0, 0.1) is 12.7 Å². The molecule has 0 aliphatic carbocycles. The Morgan fingerprint density at radius 1 is 1.14 bits per heavy atom. The molecule has 2 aromatic rings. The number of nitrogens with zero attached hydrogens (tertiary/aromatic N) is 1. The zero-order valence-electron chi connectivity index (χ0n) is 11.5. The molecule has 0 saturated heterocycles. The molecule has 0 aliphatic rings. The van der Waals surface area contributed by atoms with Gasteiger partial charge >= 0.3 is 0 Å². The van der Waals surface area contributed by atoms with Crippen molar-refractivity contribution in [1.29, 1.82) is 0 Å². The van der Waals surface area contributed by atoms with Crippen molar-refractivity contribution in [2.75, 3.05) is 0 Å². The molecule has 0 radical (unpaired) electrons. The van der Waals surface area contributed by atoms with Gasteiger partial charge in [-0.1, -0.05) is 40.9 Å². The third kappa shape index (κ3) is 4.37. The number of benzene rings is 2. The summed E-state index contributed by atoms with van der Waals surface area (Å²) in [6, 6.07) is 10.5. The van der Waals surface area contributed by atoms with Crippen LogP contribution in [-0.2, 0) is 0 Å². The molecule has 110 valence electrons. The Morgan fingerprint density at radius 3 is 2.29 bits per heavy atom. The van der Waals surface area contributed by atoms with Gasteiger partial charge in [-0.2, -0.15) is 5.10 Å². The predicted molar refractivity (Wildman–Crippen MR) is 88.8 cm³/mol. The van der Waals surface area contributed by atoms with Gasteiger partial charge in [0, 0.05) is 22.4 Å². The molecule has 21 heavy (non-hydrogen) atoms. The molecular weight excluding hydrogens is 330 g/mol. The molecule has 0 unspecified atom stereocenters. The fourth-order valence-corrected chi connectivity index (χ4v) is 2.99. The van der Waals surface area contributed by atoms with E-state index in [9.17, 15) is 4.39 Å². The summed E-state index contributed by atoms with van der Waals surface area (Å²) >= 11 is 13.4. The third-order valence-electron chi connectivity index (χ3n) is 2.77. The topological polar surface area (TPSA) is 24.4 Å². The van der Waals surface area contributed by atoms with Crippen LogP contribution in [0.25, 0.3) is 0 Å². The Kier molecular flexibility index (Phi) is 5.51. The van der Waals surface area contributed by atoms with Crippen molar-refractivity contribution in [3.05, 3.63) is 63.4 Å². The summed E-state index contributed by atoms with van der Waals surface area (Å²) in [6.07, 6.45) is 0. The smallest absolute Gasteiger partial charge is 0.126 e. The summed E-state index contributed by atoms with van der Waals surface area (Å²) in [7, 11) is 0. The van der Waals surface area contributed by atoms with E-state index in [0.717, 1.165) is 4.90 Å². The van der Waals surface area contributed by atoms with Gasteiger partial charge in [0.05, 0.1) is 15.8 Å². The first-order valence-electron chi connectivity index (χ1n) is 6.15. The standard InChI is InChI=1S/C15H13Cl2FN2S/c1-9-3-5-12(6-4-9)21-20-19-10(2)15-13(16)7-11(18)8-14(15)17/h3-8,20H,1-2H3/b19-10+. The van der Waals surface area contributed by atoms with Crippen LogP contribution in [0.5, 0.6) is 0 Å². The van der Waals surface area contributed by atoms with Crippen LogP contribution in [0.2, 0.25) is 10.0 Å². The van der Waals surface area contributed by atoms with Gasteiger partial charge in [0.1, 0.15) is 5.82 Å². The second-order valence-corrected chi connectivity index (χ2v) is 6.12. The van der Waals surface area contributed by atoms with Crippen LogP contribution >= 0.6 is 35.1 Å². The van der Waals surface area contributed by atoms with Crippen LogP contribution in [0.15, 0.2) is 46.4 Å². The van der Waals surface area contributed by atoms with E-state index >= 15 is 0 Å². The lowest BCUT2D eigenvalue weighted by Gasteiger charge is -2.07. The lowest BCUT2D eigenvalue weighted by atomic mass is 10.1. The van der Waals surface area contributed by atoms with E-state index in [2.05, 4.69) is 9.93 Å². The van der Waals surface area contributed by atoms with E-state index in [0.29, 0.717) is 11.3 Å². The molecule has 2 aromatic carbocycles. The molecule has 0 amide bonds. The number of hydrogen-bond donors (Lipinski definition) is 1. The lowest BCUT2D eigenvalue weighted by molar-refractivity contribution is 0.628. The monoisotopic (exact) mass is 342 g/mol. The van der Waals surface area contributed by atoms with Gasteiger partial charge in [-0.05, 0) is 38.1 Å². The molecule has 0 atom stereocenters. The second kappa shape index (κ2) is 7.16. The van der Waals surface area contributed by atoms with Crippen molar-refractivity contribution in [3.63, 3.8) is 0 Å². The first kappa shape index (κ1) is 16.1. The Balaban J connectivity index is 2.09. The van der Waals surface area contributed by atoms with Gasteiger partial charge in [-0.15, -0.1) is 0 Å². The molecular formula is C15H13Cl2FN2S. The van der Waals surface area contributed by atoms with Crippen LogP contribution in [0.4, 0.5) is 4.39 Å². The molecule has 0 spiro atoms. The maximum Gasteiger partial charge on any atom is 0.126 e. The average molecular weight is 343 g/mol. The zero-order chi connectivity index (χ0) is 15.4. The molecule has 0 aromatic heterocycles. The molecule has 1 N–H and O–H groups in total. The van der Waals surface area contributed by atoms with Gasteiger partial charge in [0.25, 0.3) is 0 Å². The van der Waals surface area contributed by atoms with Crippen molar-refractivity contribution in [3.8, 4) is 0 Å². The van der Waals surface area contributed by atoms with Crippen molar-refractivity contribution in [2.45, 2.75) is 18.7 Å². The Hall–Kier alpha value is -1.23. The van der Waals surface area contributed by atoms with Crippen LogP contribution in [0.3, 0.4) is 0 Å². The first-order chi connectivity index (χ1) is 9.97. The highest BCUT2D eigenvalue weighted by molar-refractivity contribution is 7.97. The summed E-state index contributed by atoms with van der Waals surface area (Å²) < 4.78 is 13.1. The molecule has 2 rings (SSSR count). The van der Waals surface area contributed by atoms with Gasteiger partial charge in [0.2, 0.25) is 0 Å². The summed E-state index contributed by atoms with van der Waals surface area (Å²) in [4.78, 5) is 3.92. The molecule has 2 nitrogen and oxygen atoms in total. The minimum atomic E-state index is -0.469. The molecule has 0 fully saturated rings. The minimum absolute atomic E-state index is 0.239. The van der Waals surface area contributed by atoms with Gasteiger partial charge in [0.15, 0.2) is 0 Å². The number of aryl methyl sites for hydroxylation is 1. The number of hydrazone groups is 1. The fourth-order valence-electron chi connectivity index (χ4n) is 1.69. The second-order valence-electron chi connectivity index (χ2n) is 4.45. The van der Waals surface area contributed by atoms with Crippen molar-refractivity contribution in [2.24, 2.45) is 5.10 Å². The maximum atomic E-state index is 13.1. The average Bonchev–Trinajstić information content (AvgIpc) is 2.40. The normalized spacial score (nSPS) is 11.6. The van der Waals surface area contributed by atoms with E-state index in [4.69, 9.17) is 23.2 Å². The van der Waals surface area contributed by atoms with Crippen LogP contribution < -0.4 is 4.83 Å². The predicted octanol–water partition coefficient (Wildman–Crippen LogP) is 5.46. The SMILES string of the molecule is C/C(=N\NSc1ccc(C)cc1)c1c(Cl)cc(F)cc1Cl. The van der Waals surface area contributed by atoms with E-state index in [-0.39, 0.29) is 10.0 Å². The largest absolute Gasteiger partial charge is 0.247 e. The van der Waals surface area contributed by atoms with Crippen LogP contribution in [0.1, 0.15) is 18.1 Å². The van der Waals surface area contributed by atoms with E-state index < -0.39 is 5.82 Å². The van der Waals surface area contributed by atoms with Gasteiger partial charge in [-0.25, -0.2) is 9.22 Å². The summed E-state index contributed by atoms with van der Waals surface area (Å²) in [5.41, 5.74) is 2.31. The highest BCUT2D eigenvalue weighted by Crippen LogP contribution is 2.27. The summed E-state index contributed by atoms with van der Waals surface area (Å²) in [5.74, 6) is -0.469. The Bertz CT molecular complexity index is 649. The number of halogens is 3. The molecule has 0 aliphatic heterocycles. The van der Waals surface area contributed by atoms with Crippen molar-refractivity contribution in [1.82, 2.24) is 4.83 Å². The van der Waals surface area contributed by atoms with Crippen molar-refractivity contribution < 1.29 is 4.39 Å². The first-order valence-corrected chi connectivity index (χ1v) is 7.72. The third-order valence-corrected chi connectivity index (χ3v) is 4.05. The number of rotatable bonds is 4. The highest BCUT2D eigenvalue weighted by Gasteiger charge is 2.11. The lowest BCUT2D eigenvalue weighted by Crippen LogP contribution is -2.04.